The largest absolute Gasteiger partial charge is 0.490 e. The number of alkyl halides is 5. The summed E-state index contributed by atoms with van der Waals surface area (Å²) in [5, 5.41) is 9.77. The fourth-order valence-electron chi connectivity index (χ4n) is 0.609. The maximum Gasteiger partial charge on any atom is 0.490 e. The minimum absolute atomic E-state index is 0.166. The average molecular weight is 251 g/mol. The zero-order chi connectivity index (χ0) is 12.8. The van der Waals surface area contributed by atoms with Crippen LogP contribution in [-0.2, 0) is 9.53 Å². The third-order valence-corrected chi connectivity index (χ3v) is 1.44. The van der Waals surface area contributed by atoms with Crippen LogP contribution in [0.3, 0.4) is 0 Å². The molecule has 0 aromatic carbocycles. The molecule has 1 fully saturated rings. The summed E-state index contributed by atoms with van der Waals surface area (Å²) >= 11 is 0. The summed E-state index contributed by atoms with van der Waals surface area (Å²) in [7, 11) is 0. The molecule has 16 heavy (non-hydrogen) atoms. The average Bonchev–Trinajstić information content (AvgIpc) is 1.99. The van der Waals surface area contributed by atoms with Gasteiger partial charge in [0.2, 0.25) is 0 Å². The highest BCUT2D eigenvalue weighted by Gasteiger charge is 2.38. The molecular weight excluding hydrogens is 241 g/mol. The van der Waals surface area contributed by atoms with E-state index >= 15 is 0 Å². The number of ether oxygens (including phenoxy) is 1. The fourth-order valence-corrected chi connectivity index (χ4v) is 0.609. The number of hydrogen-bond donors (Lipinski definition) is 2. The lowest BCUT2D eigenvalue weighted by Gasteiger charge is -2.26. The number of carboxylic acid groups (broad SMARTS) is 1. The summed E-state index contributed by atoms with van der Waals surface area (Å²) in [6.07, 6.45) is -7.33. The Morgan fingerprint density at radius 1 is 1.44 bits per heavy atom. The second kappa shape index (κ2) is 6.59. The predicted octanol–water partition coefficient (Wildman–Crippen LogP) is 0.873. The molecule has 0 atom stereocenters. The predicted molar refractivity (Wildman–Crippen MR) is 42.3 cm³/mol. The van der Waals surface area contributed by atoms with Gasteiger partial charge in [-0.15, -0.1) is 0 Å². The number of carbonyl (C=O) groups is 1. The van der Waals surface area contributed by atoms with E-state index in [0.29, 0.717) is 13.2 Å². The Labute approximate surface area is 87.4 Å². The van der Waals surface area contributed by atoms with E-state index in [9.17, 15) is 22.0 Å². The van der Waals surface area contributed by atoms with Crippen LogP contribution < -0.4 is 5.32 Å². The smallest absolute Gasteiger partial charge is 0.475 e. The Morgan fingerprint density at radius 2 is 1.88 bits per heavy atom. The molecule has 9 heteroatoms. The second-order valence-corrected chi connectivity index (χ2v) is 2.84. The maximum atomic E-state index is 11.5. The molecule has 1 aliphatic heterocycles. The normalized spacial score (nSPS) is 16.4. The number of hydrogen-bond acceptors (Lipinski definition) is 3. The van der Waals surface area contributed by atoms with Crippen molar-refractivity contribution < 1.29 is 36.6 Å². The van der Waals surface area contributed by atoms with Gasteiger partial charge in [-0.05, 0) is 0 Å². The van der Waals surface area contributed by atoms with Crippen molar-refractivity contribution in [3.63, 3.8) is 0 Å². The lowest BCUT2D eigenvalue weighted by atomic mass is 10.2. The van der Waals surface area contributed by atoms with Gasteiger partial charge in [-0.2, -0.15) is 13.2 Å². The van der Waals surface area contributed by atoms with Crippen molar-refractivity contribution in [1.29, 1.82) is 0 Å². The lowest BCUT2D eigenvalue weighted by Crippen LogP contribution is -2.47. The van der Waals surface area contributed by atoms with Gasteiger partial charge in [-0.25, -0.2) is 13.6 Å². The first-order valence-electron chi connectivity index (χ1n) is 4.13. The third kappa shape index (κ3) is 7.35. The van der Waals surface area contributed by atoms with Crippen molar-refractivity contribution in [2.45, 2.75) is 18.6 Å². The Balaban J connectivity index is 0.000000293. The molecule has 4 nitrogen and oxygen atoms in total. The first kappa shape index (κ1) is 15.0. The van der Waals surface area contributed by atoms with Gasteiger partial charge in [0.25, 0.3) is 6.43 Å². The monoisotopic (exact) mass is 251 g/mol. The molecule has 0 radical (unpaired) electrons. The van der Waals surface area contributed by atoms with E-state index in [2.05, 4.69) is 5.32 Å². The zero-order valence-electron chi connectivity index (χ0n) is 7.93. The number of nitrogens with one attached hydrogen (secondary N) is 1. The molecule has 1 aliphatic rings. The van der Waals surface area contributed by atoms with E-state index in [1.54, 1.807) is 0 Å². The first-order chi connectivity index (χ1) is 7.23. The molecule has 1 rings (SSSR count). The van der Waals surface area contributed by atoms with Gasteiger partial charge >= 0.3 is 12.1 Å². The van der Waals surface area contributed by atoms with Crippen LogP contribution in [0.1, 0.15) is 0 Å². The van der Waals surface area contributed by atoms with Gasteiger partial charge in [-0.1, -0.05) is 0 Å². The summed E-state index contributed by atoms with van der Waals surface area (Å²) in [5.74, 6) is -2.76. The van der Waals surface area contributed by atoms with Crippen LogP contribution in [0.5, 0.6) is 0 Å². The van der Waals surface area contributed by atoms with Crippen molar-refractivity contribution in [2.75, 3.05) is 19.8 Å². The molecule has 0 saturated carbocycles. The molecule has 0 aliphatic carbocycles. The van der Waals surface area contributed by atoms with Crippen molar-refractivity contribution in [3.8, 4) is 0 Å². The topological polar surface area (TPSA) is 58.6 Å². The summed E-state index contributed by atoms with van der Waals surface area (Å²) < 4.78 is 59.4. The minimum Gasteiger partial charge on any atom is -0.475 e. The van der Waals surface area contributed by atoms with Crippen LogP contribution in [-0.4, -0.2) is 49.5 Å². The number of rotatable bonds is 3. The Bertz CT molecular complexity index is 217. The molecular formula is C7H10F5NO3. The lowest BCUT2D eigenvalue weighted by molar-refractivity contribution is -0.192. The SMILES string of the molecule is FC(F)CNC1COC1.O=C(O)C(F)(F)F. The van der Waals surface area contributed by atoms with Crippen LogP contribution >= 0.6 is 0 Å². The molecule has 0 bridgehead atoms. The van der Waals surface area contributed by atoms with Gasteiger partial charge in [0.15, 0.2) is 0 Å². The molecule has 2 N–H and O–H groups in total. The maximum absolute atomic E-state index is 11.5. The number of aliphatic carboxylic acids is 1. The second-order valence-electron chi connectivity index (χ2n) is 2.84. The van der Waals surface area contributed by atoms with E-state index in [1.807, 2.05) is 0 Å². The van der Waals surface area contributed by atoms with E-state index in [4.69, 9.17) is 14.6 Å². The van der Waals surface area contributed by atoms with Gasteiger partial charge in [0, 0.05) is 0 Å². The van der Waals surface area contributed by atoms with Crippen molar-refractivity contribution in [1.82, 2.24) is 5.32 Å². The molecule has 0 amide bonds. The summed E-state index contributed by atoms with van der Waals surface area (Å²) in [6.45, 7) is 0.938. The van der Waals surface area contributed by atoms with Crippen molar-refractivity contribution in [2.24, 2.45) is 0 Å². The molecule has 0 spiro atoms. The van der Waals surface area contributed by atoms with E-state index in [-0.39, 0.29) is 12.6 Å². The van der Waals surface area contributed by atoms with Crippen molar-refractivity contribution >= 4 is 5.97 Å². The zero-order valence-corrected chi connectivity index (χ0v) is 7.93. The standard InChI is InChI=1S/C5H9F2NO.C2HF3O2/c6-5(7)1-8-4-2-9-3-4;3-2(4,5)1(6)7/h4-5,8H,1-3H2;(H,6,7). The first-order valence-corrected chi connectivity index (χ1v) is 4.13. The molecule has 0 aromatic heterocycles. The number of halogens is 5. The summed E-state index contributed by atoms with van der Waals surface area (Å²) in [5.41, 5.74) is 0. The quantitative estimate of drug-likeness (QED) is 0.731. The van der Waals surface area contributed by atoms with Gasteiger partial charge in [-0.3, -0.25) is 0 Å². The highest BCUT2D eigenvalue weighted by Crippen LogP contribution is 2.13. The van der Waals surface area contributed by atoms with Crippen LogP contribution in [0.25, 0.3) is 0 Å². The minimum atomic E-state index is -5.08. The Morgan fingerprint density at radius 3 is 2.06 bits per heavy atom. The fraction of sp³-hybridized carbons (Fsp3) is 0.857. The van der Waals surface area contributed by atoms with Crippen LogP contribution in [0.4, 0.5) is 22.0 Å². The van der Waals surface area contributed by atoms with Crippen LogP contribution in [0, 0.1) is 0 Å². The summed E-state index contributed by atoms with van der Waals surface area (Å²) in [6, 6.07) is 0.166. The molecule has 1 heterocycles. The highest BCUT2D eigenvalue weighted by atomic mass is 19.4. The molecule has 0 unspecified atom stereocenters. The summed E-state index contributed by atoms with van der Waals surface area (Å²) in [4.78, 5) is 8.90. The Kier molecular flexibility index (Phi) is 6.19. The van der Waals surface area contributed by atoms with Crippen LogP contribution in [0.2, 0.25) is 0 Å². The van der Waals surface area contributed by atoms with Gasteiger partial charge in [0.1, 0.15) is 0 Å². The van der Waals surface area contributed by atoms with E-state index < -0.39 is 18.6 Å². The molecule has 96 valence electrons. The van der Waals surface area contributed by atoms with E-state index in [0.717, 1.165) is 0 Å². The molecule has 0 aromatic rings. The third-order valence-electron chi connectivity index (χ3n) is 1.44. The van der Waals surface area contributed by atoms with Crippen LogP contribution in [0.15, 0.2) is 0 Å². The Hall–Kier alpha value is -0.960. The highest BCUT2D eigenvalue weighted by molar-refractivity contribution is 5.73. The van der Waals surface area contributed by atoms with E-state index in [1.165, 1.54) is 0 Å². The number of carboxylic acids is 1. The van der Waals surface area contributed by atoms with Gasteiger partial charge in [0.05, 0.1) is 25.8 Å². The molecule has 1 saturated heterocycles. The van der Waals surface area contributed by atoms with Gasteiger partial charge < -0.3 is 15.2 Å². The van der Waals surface area contributed by atoms with Crippen molar-refractivity contribution in [3.05, 3.63) is 0 Å².